The van der Waals surface area contributed by atoms with Gasteiger partial charge in [0, 0.05) is 24.4 Å². The van der Waals surface area contributed by atoms with Crippen LogP contribution < -0.4 is 0 Å². The predicted molar refractivity (Wildman–Crippen MR) is 81.0 cm³/mol. The summed E-state index contributed by atoms with van der Waals surface area (Å²) in [5.41, 5.74) is 4.51. The minimum absolute atomic E-state index is 0.152. The first kappa shape index (κ1) is 12.2. The third kappa shape index (κ3) is 1.77. The van der Waals surface area contributed by atoms with Gasteiger partial charge in [-0.2, -0.15) is 0 Å². The van der Waals surface area contributed by atoms with Gasteiger partial charge in [0.25, 0.3) is 0 Å². The third-order valence-corrected chi connectivity index (χ3v) is 4.38. The number of carboxylic acid groups (broad SMARTS) is 1. The van der Waals surface area contributed by atoms with Gasteiger partial charge in [-0.3, -0.25) is 0 Å². The molecule has 4 rings (SSSR count). The smallest absolute Gasteiger partial charge is 0.338 e. The highest BCUT2D eigenvalue weighted by molar-refractivity contribution is 6.17. The molecule has 21 heavy (non-hydrogen) atoms. The SMILES string of the molecule is O=C(O)C1=C2C3CC=CC=C3C=CN2Cc2ccccc21. The van der Waals surface area contributed by atoms with Gasteiger partial charge in [0.2, 0.25) is 0 Å². The molecule has 0 spiro atoms. The van der Waals surface area contributed by atoms with Crippen molar-refractivity contribution in [2.75, 3.05) is 0 Å². The number of rotatable bonds is 1. The van der Waals surface area contributed by atoms with E-state index in [1.807, 2.05) is 36.5 Å². The van der Waals surface area contributed by atoms with E-state index < -0.39 is 5.97 Å². The Morgan fingerprint density at radius 2 is 2.14 bits per heavy atom. The lowest BCUT2D eigenvalue weighted by molar-refractivity contribution is -0.130. The first-order chi connectivity index (χ1) is 10.3. The van der Waals surface area contributed by atoms with Crippen molar-refractivity contribution in [3.63, 3.8) is 0 Å². The van der Waals surface area contributed by atoms with Crippen molar-refractivity contribution in [3.05, 3.63) is 77.2 Å². The highest BCUT2D eigenvalue weighted by Gasteiger charge is 2.35. The van der Waals surface area contributed by atoms with E-state index in [9.17, 15) is 9.90 Å². The Hall–Kier alpha value is -2.55. The van der Waals surface area contributed by atoms with Gasteiger partial charge in [-0.15, -0.1) is 0 Å². The third-order valence-electron chi connectivity index (χ3n) is 4.38. The van der Waals surface area contributed by atoms with Gasteiger partial charge in [-0.25, -0.2) is 4.79 Å². The van der Waals surface area contributed by atoms with Gasteiger partial charge in [0.05, 0.1) is 5.57 Å². The van der Waals surface area contributed by atoms with Crippen LogP contribution in [0.2, 0.25) is 0 Å². The standard InChI is InChI=1S/C18H15NO2/c20-18(21)16-14-7-3-2-6-13(14)11-19-10-9-12-5-1-4-8-15(12)17(16)19/h1-7,9-10,15H,8,11H2,(H,20,21). The fraction of sp³-hybridized carbons (Fsp3) is 0.167. The molecule has 1 N–H and O–H groups in total. The molecule has 0 bridgehead atoms. The maximum Gasteiger partial charge on any atom is 0.338 e. The number of allylic oxidation sites excluding steroid dienone is 5. The van der Waals surface area contributed by atoms with Crippen LogP contribution in [-0.2, 0) is 11.3 Å². The first-order valence-corrected chi connectivity index (χ1v) is 7.13. The molecule has 1 aromatic rings. The van der Waals surface area contributed by atoms with Gasteiger partial charge in [0.1, 0.15) is 0 Å². The molecular formula is C18H15NO2. The van der Waals surface area contributed by atoms with E-state index in [2.05, 4.69) is 23.1 Å². The van der Waals surface area contributed by atoms with Crippen molar-refractivity contribution in [2.24, 2.45) is 5.92 Å². The molecule has 1 unspecified atom stereocenters. The molecule has 3 nitrogen and oxygen atoms in total. The van der Waals surface area contributed by atoms with Crippen LogP contribution in [0.4, 0.5) is 0 Å². The van der Waals surface area contributed by atoms with Crippen molar-refractivity contribution in [3.8, 4) is 0 Å². The van der Waals surface area contributed by atoms with Crippen LogP contribution in [0.1, 0.15) is 17.5 Å². The summed E-state index contributed by atoms with van der Waals surface area (Å²) >= 11 is 0. The Kier molecular flexibility index (Phi) is 2.61. The van der Waals surface area contributed by atoms with Crippen LogP contribution in [0, 0.1) is 5.92 Å². The van der Waals surface area contributed by atoms with Crippen LogP contribution in [0.25, 0.3) is 5.57 Å². The van der Waals surface area contributed by atoms with E-state index in [1.54, 1.807) is 0 Å². The molecule has 0 aromatic heterocycles. The Morgan fingerprint density at radius 1 is 1.29 bits per heavy atom. The van der Waals surface area contributed by atoms with Crippen LogP contribution in [0.3, 0.4) is 0 Å². The summed E-state index contributed by atoms with van der Waals surface area (Å²) in [4.78, 5) is 14.0. The van der Waals surface area contributed by atoms with Crippen LogP contribution in [0.5, 0.6) is 0 Å². The number of carbonyl (C=O) groups is 1. The first-order valence-electron chi connectivity index (χ1n) is 7.13. The maximum atomic E-state index is 11.9. The van der Waals surface area contributed by atoms with Crippen molar-refractivity contribution in [1.82, 2.24) is 4.90 Å². The number of fused-ring (bicyclic) bond motifs is 4. The Balaban J connectivity index is 1.98. The van der Waals surface area contributed by atoms with E-state index in [0.717, 1.165) is 29.8 Å². The molecule has 3 heteroatoms. The molecule has 0 saturated heterocycles. The van der Waals surface area contributed by atoms with Crippen molar-refractivity contribution < 1.29 is 9.90 Å². The Morgan fingerprint density at radius 3 is 3.00 bits per heavy atom. The highest BCUT2D eigenvalue weighted by Crippen LogP contribution is 2.43. The summed E-state index contributed by atoms with van der Waals surface area (Å²) in [5.74, 6) is -0.689. The molecule has 2 aliphatic heterocycles. The molecule has 3 aliphatic rings. The number of hydrogen-bond acceptors (Lipinski definition) is 2. The summed E-state index contributed by atoms with van der Waals surface area (Å²) in [6, 6.07) is 7.80. The summed E-state index contributed by atoms with van der Waals surface area (Å²) in [5, 5.41) is 9.77. The van der Waals surface area contributed by atoms with Gasteiger partial charge < -0.3 is 10.0 Å². The molecule has 1 atom stereocenters. The Bertz CT molecular complexity index is 752. The van der Waals surface area contributed by atoms with E-state index in [0.29, 0.717) is 5.57 Å². The zero-order chi connectivity index (χ0) is 14.4. The fourth-order valence-electron chi connectivity index (χ4n) is 3.45. The van der Waals surface area contributed by atoms with Crippen LogP contribution in [-0.4, -0.2) is 16.0 Å². The Labute approximate surface area is 123 Å². The molecule has 0 radical (unpaired) electrons. The fourth-order valence-corrected chi connectivity index (χ4v) is 3.45. The summed E-state index contributed by atoms with van der Waals surface area (Å²) < 4.78 is 0. The second-order valence-corrected chi connectivity index (χ2v) is 5.55. The van der Waals surface area contributed by atoms with E-state index in [1.165, 1.54) is 5.57 Å². The molecule has 0 fully saturated rings. The monoisotopic (exact) mass is 277 g/mol. The largest absolute Gasteiger partial charge is 0.478 e. The lowest BCUT2D eigenvalue weighted by atomic mass is 9.80. The van der Waals surface area contributed by atoms with E-state index >= 15 is 0 Å². The number of hydrogen-bond donors (Lipinski definition) is 1. The normalized spacial score (nSPS) is 22.4. The van der Waals surface area contributed by atoms with E-state index in [4.69, 9.17) is 0 Å². The number of carboxylic acids is 1. The molecule has 0 amide bonds. The summed E-state index contributed by atoms with van der Waals surface area (Å²) in [7, 11) is 0. The van der Waals surface area contributed by atoms with Gasteiger partial charge in [-0.1, -0.05) is 42.5 Å². The average Bonchev–Trinajstić information content (AvgIpc) is 2.52. The summed E-state index contributed by atoms with van der Waals surface area (Å²) in [6.07, 6.45) is 11.2. The van der Waals surface area contributed by atoms with Crippen LogP contribution >= 0.6 is 0 Å². The zero-order valence-corrected chi connectivity index (χ0v) is 11.5. The molecule has 1 aromatic carbocycles. The lowest BCUT2D eigenvalue weighted by Gasteiger charge is -2.39. The number of benzene rings is 1. The molecule has 104 valence electrons. The average molecular weight is 277 g/mol. The molecule has 0 saturated carbocycles. The number of nitrogens with zero attached hydrogens (tertiary/aromatic N) is 1. The molecule has 1 aliphatic carbocycles. The minimum Gasteiger partial charge on any atom is -0.478 e. The van der Waals surface area contributed by atoms with Gasteiger partial charge >= 0.3 is 5.97 Å². The second kappa shape index (κ2) is 4.48. The lowest BCUT2D eigenvalue weighted by Crippen LogP contribution is -2.33. The summed E-state index contributed by atoms with van der Waals surface area (Å²) in [6.45, 7) is 0.742. The number of aliphatic carboxylic acids is 1. The molecular weight excluding hydrogens is 262 g/mol. The topological polar surface area (TPSA) is 40.5 Å². The van der Waals surface area contributed by atoms with Crippen LogP contribution in [0.15, 0.2) is 66.0 Å². The minimum atomic E-state index is -0.841. The van der Waals surface area contributed by atoms with Crippen molar-refractivity contribution >= 4 is 11.5 Å². The van der Waals surface area contributed by atoms with Crippen molar-refractivity contribution in [1.29, 1.82) is 0 Å². The highest BCUT2D eigenvalue weighted by atomic mass is 16.4. The van der Waals surface area contributed by atoms with Crippen molar-refractivity contribution in [2.45, 2.75) is 13.0 Å². The van der Waals surface area contributed by atoms with Gasteiger partial charge in [0.15, 0.2) is 0 Å². The quantitative estimate of drug-likeness (QED) is 0.856. The second-order valence-electron chi connectivity index (χ2n) is 5.55. The van der Waals surface area contributed by atoms with Gasteiger partial charge in [-0.05, 0) is 29.2 Å². The maximum absolute atomic E-state index is 11.9. The van der Waals surface area contributed by atoms with E-state index in [-0.39, 0.29) is 5.92 Å². The zero-order valence-electron chi connectivity index (χ0n) is 11.5. The molecule has 2 heterocycles. The predicted octanol–water partition coefficient (Wildman–Crippen LogP) is 3.33.